The highest BCUT2D eigenvalue weighted by molar-refractivity contribution is 5.15. The second-order valence-electron chi connectivity index (χ2n) is 4.51. The molecule has 0 aromatic heterocycles. The quantitative estimate of drug-likeness (QED) is 0.504. The highest BCUT2D eigenvalue weighted by atomic mass is 16.2. The second kappa shape index (κ2) is 9.41. The van der Waals surface area contributed by atoms with Crippen molar-refractivity contribution in [2.45, 2.75) is 47.0 Å². The van der Waals surface area contributed by atoms with Crippen LogP contribution in [0.1, 0.15) is 47.0 Å². The first-order valence-corrected chi connectivity index (χ1v) is 6.19. The van der Waals surface area contributed by atoms with Crippen molar-refractivity contribution in [3.8, 4) is 0 Å². The third kappa shape index (κ3) is 8.49. The Hall–Kier alpha value is -0.820. The van der Waals surface area contributed by atoms with E-state index in [1.54, 1.807) is 0 Å². The van der Waals surface area contributed by atoms with Crippen molar-refractivity contribution >= 4 is 0 Å². The summed E-state index contributed by atoms with van der Waals surface area (Å²) in [6.45, 7) is 8.80. The molecule has 0 rings (SSSR count). The van der Waals surface area contributed by atoms with Crippen LogP contribution in [0.5, 0.6) is 0 Å². The molecule has 92 valence electrons. The monoisotopic (exact) mass is 222 g/mol. The summed E-state index contributed by atoms with van der Waals surface area (Å²) in [5.41, 5.74) is 2.61. The normalized spacial score (nSPS) is 15.8. The Balaban J connectivity index is 3.89. The van der Waals surface area contributed by atoms with Gasteiger partial charge in [-0.05, 0) is 39.0 Å². The minimum Gasteiger partial charge on any atom is -0.392 e. The molecule has 0 radical (unpaired) electrons. The molecule has 0 aromatic carbocycles. The second-order valence-corrected chi connectivity index (χ2v) is 4.51. The molecule has 0 aliphatic heterocycles. The number of hydrogen-bond donors (Lipinski definition) is 1. The van der Waals surface area contributed by atoms with Gasteiger partial charge in [-0.2, -0.15) is 0 Å². The Labute approximate surface area is 101 Å². The van der Waals surface area contributed by atoms with Gasteiger partial charge in [-0.15, -0.1) is 0 Å². The van der Waals surface area contributed by atoms with Crippen molar-refractivity contribution < 1.29 is 5.11 Å². The fourth-order valence-electron chi connectivity index (χ4n) is 1.34. The van der Waals surface area contributed by atoms with Gasteiger partial charge in [0.1, 0.15) is 0 Å². The van der Waals surface area contributed by atoms with Crippen molar-refractivity contribution in [1.29, 1.82) is 0 Å². The Morgan fingerprint density at radius 3 is 2.44 bits per heavy atom. The maximum atomic E-state index is 8.70. The highest BCUT2D eigenvalue weighted by Gasteiger charge is 1.96. The summed E-state index contributed by atoms with van der Waals surface area (Å²) in [5, 5.41) is 8.70. The largest absolute Gasteiger partial charge is 0.392 e. The first-order chi connectivity index (χ1) is 7.60. The van der Waals surface area contributed by atoms with Crippen LogP contribution in [0.2, 0.25) is 0 Å². The van der Waals surface area contributed by atoms with Crippen LogP contribution in [-0.2, 0) is 0 Å². The molecule has 0 aliphatic rings. The summed E-state index contributed by atoms with van der Waals surface area (Å²) in [6, 6.07) is 0. The van der Waals surface area contributed by atoms with Crippen LogP contribution in [0.3, 0.4) is 0 Å². The Morgan fingerprint density at radius 1 is 1.19 bits per heavy atom. The van der Waals surface area contributed by atoms with Crippen LogP contribution >= 0.6 is 0 Å². The lowest BCUT2D eigenvalue weighted by molar-refractivity contribution is 0.342. The first-order valence-electron chi connectivity index (χ1n) is 6.19. The van der Waals surface area contributed by atoms with Gasteiger partial charge in [-0.25, -0.2) is 0 Å². The SMILES string of the molecule is CC/C(C)=C/CC(C)C/C=C/C(C)=C/CO. The van der Waals surface area contributed by atoms with Crippen molar-refractivity contribution in [3.05, 3.63) is 35.5 Å². The minimum atomic E-state index is 0.129. The van der Waals surface area contributed by atoms with Crippen molar-refractivity contribution in [2.24, 2.45) is 5.92 Å². The minimum absolute atomic E-state index is 0.129. The molecule has 0 spiro atoms. The molecule has 1 unspecified atom stereocenters. The van der Waals surface area contributed by atoms with E-state index in [1.165, 1.54) is 5.57 Å². The molecule has 0 heterocycles. The van der Waals surface area contributed by atoms with Gasteiger partial charge in [0.15, 0.2) is 0 Å². The summed E-state index contributed by atoms with van der Waals surface area (Å²) in [6.07, 6.45) is 11.9. The van der Waals surface area contributed by atoms with Crippen LogP contribution in [0.4, 0.5) is 0 Å². The molecular weight excluding hydrogens is 196 g/mol. The maximum Gasteiger partial charge on any atom is 0.0617 e. The zero-order valence-electron chi connectivity index (χ0n) is 11.2. The summed E-state index contributed by atoms with van der Waals surface area (Å²) in [7, 11) is 0. The molecule has 1 atom stereocenters. The number of allylic oxidation sites excluding steroid dienone is 5. The van der Waals surface area contributed by atoms with Crippen LogP contribution in [0, 0.1) is 5.92 Å². The fourth-order valence-corrected chi connectivity index (χ4v) is 1.34. The number of rotatable bonds is 7. The van der Waals surface area contributed by atoms with Crippen LogP contribution < -0.4 is 0 Å². The van der Waals surface area contributed by atoms with E-state index in [0.717, 1.165) is 24.8 Å². The van der Waals surface area contributed by atoms with Gasteiger partial charge in [0.2, 0.25) is 0 Å². The van der Waals surface area contributed by atoms with Gasteiger partial charge in [-0.1, -0.05) is 49.3 Å². The number of aliphatic hydroxyl groups excluding tert-OH is 1. The molecule has 0 amide bonds. The van der Waals surface area contributed by atoms with Gasteiger partial charge in [-0.3, -0.25) is 0 Å². The van der Waals surface area contributed by atoms with E-state index in [9.17, 15) is 0 Å². The average Bonchev–Trinajstić information content (AvgIpc) is 2.26. The molecule has 1 nitrogen and oxygen atoms in total. The summed E-state index contributed by atoms with van der Waals surface area (Å²) >= 11 is 0. The maximum absolute atomic E-state index is 8.70. The molecular formula is C15H26O. The molecule has 0 aliphatic carbocycles. The molecule has 0 fully saturated rings. The van der Waals surface area contributed by atoms with Gasteiger partial charge in [0.25, 0.3) is 0 Å². The predicted octanol–water partition coefficient (Wildman–Crippen LogP) is 4.25. The smallest absolute Gasteiger partial charge is 0.0617 e. The van der Waals surface area contributed by atoms with Crippen molar-refractivity contribution in [2.75, 3.05) is 6.61 Å². The molecule has 0 aromatic rings. The summed E-state index contributed by atoms with van der Waals surface area (Å²) in [4.78, 5) is 0. The summed E-state index contributed by atoms with van der Waals surface area (Å²) in [5.74, 6) is 0.694. The van der Waals surface area contributed by atoms with Gasteiger partial charge in [0.05, 0.1) is 6.61 Å². The third-order valence-electron chi connectivity index (χ3n) is 2.76. The standard InChI is InChI=1S/C15H26O/c1-5-13(2)9-10-14(3)7-6-8-15(4)11-12-16/h6,8-9,11,14,16H,5,7,10,12H2,1-4H3/b8-6+,13-9+,15-11+. The van der Waals surface area contributed by atoms with E-state index in [-0.39, 0.29) is 6.61 Å². The van der Waals surface area contributed by atoms with E-state index in [1.807, 2.05) is 13.0 Å². The average molecular weight is 222 g/mol. The molecule has 1 N–H and O–H groups in total. The van der Waals surface area contributed by atoms with Crippen LogP contribution in [-0.4, -0.2) is 11.7 Å². The van der Waals surface area contributed by atoms with E-state index < -0.39 is 0 Å². The fraction of sp³-hybridized carbons (Fsp3) is 0.600. The first kappa shape index (κ1) is 15.2. The topological polar surface area (TPSA) is 20.2 Å². The summed E-state index contributed by atoms with van der Waals surface area (Å²) < 4.78 is 0. The van der Waals surface area contributed by atoms with Gasteiger partial charge < -0.3 is 5.11 Å². The predicted molar refractivity (Wildman–Crippen MR) is 72.4 cm³/mol. The van der Waals surface area contributed by atoms with Crippen LogP contribution in [0.15, 0.2) is 35.5 Å². The third-order valence-corrected chi connectivity index (χ3v) is 2.76. The zero-order valence-corrected chi connectivity index (χ0v) is 11.2. The van der Waals surface area contributed by atoms with E-state index in [4.69, 9.17) is 5.11 Å². The molecule has 1 heteroatoms. The Morgan fingerprint density at radius 2 is 1.88 bits per heavy atom. The Bertz CT molecular complexity index is 259. The Kier molecular flexibility index (Phi) is 8.93. The lowest BCUT2D eigenvalue weighted by Crippen LogP contribution is -1.90. The van der Waals surface area contributed by atoms with E-state index in [2.05, 4.69) is 39.0 Å². The van der Waals surface area contributed by atoms with Gasteiger partial charge in [0, 0.05) is 0 Å². The number of hydrogen-bond acceptors (Lipinski definition) is 1. The van der Waals surface area contributed by atoms with Crippen molar-refractivity contribution in [3.63, 3.8) is 0 Å². The highest BCUT2D eigenvalue weighted by Crippen LogP contribution is 2.12. The lowest BCUT2D eigenvalue weighted by Gasteiger charge is -2.05. The number of aliphatic hydroxyl groups is 1. The molecule has 16 heavy (non-hydrogen) atoms. The lowest BCUT2D eigenvalue weighted by atomic mass is 10.0. The van der Waals surface area contributed by atoms with E-state index >= 15 is 0 Å². The van der Waals surface area contributed by atoms with Crippen LogP contribution in [0.25, 0.3) is 0 Å². The zero-order chi connectivity index (χ0) is 12.4. The molecule has 0 saturated carbocycles. The molecule has 0 saturated heterocycles. The van der Waals surface area contributed by atoms with Crippen molar-refractivity contribution in [1.82, 2.24) is 0 Å². The van der Waals surface area contributed by atoms with E-state index in [0.29, 0.717) is 5.92 Å². The van der Waals surface area contributed by atoms with Gasteiger partial charge >= 0.3 is 0 Å². The molecule has 0 bridgehead atoms.